The van der Waals surface area contributed by atoms with Crippen LogP contribution in [0.1, 0.15) is 48.9 Å². The summed E-state index contributed by atoms with van der Waals surface area (Å²) in [5, 5.41) is 9.52. The molecule has 1 aromatic rings. The van der Waals surface area contributed by atoms with E-state index in [0.717, 1.165) is 38.1 Å². The maximum Gasteiger partial charge on any atom is 0.251 e. The molecule has 3 rings (SSSR count). The summed E-state index contributed by atoms with van der Waals surface area (Å²) < 4.78 is 5.11. The first-order valence-corrected chi connectivity index (χ1v) is 11.3. The van der Waals surface area contributed by atoms with Crippen LogP contribution in [0.2, 0.25) is 0 Å². The number of likely N-dealkylation sites (tertiary alicyclic amines) is 1. The van der Waals surface area contributed by atoms with E-state index in [2.05, 4.69) is 20.9 Å². The molecule has 0 aromatic heterocycles. The number of hydrogen-bond donors (Lipinski definition) is 3. The Bertz CT molecular complexity index is 759. The Hall–Kier alpha value is -2.77. The monoisotopic (exact) mass is 429 g/mol. The Morgan fingerprint density at radius 3 is 2.45 bits per heavy atom. The number of hydrogen-bond acceptors (Lipinski definition) is 4. The summed E-state index contributed by atoms with van der Waals surface area (Å²) in [5.41, 5.74) is 0.594. The molecule has 170 valence electrons. The summed E-state index contributed by atoms with van der Waals surface area (Å²) >= 11 is 0. The molecule has 0 radical (unpaired) electrons. The molecule has 2 aliphatic rings. The predicted molar refractivity (Wildman–Crippen MR) is 121 cm³/mol. The van der Waals surface area contributed by atoms with Gasteiger partial charge in [0, 0.05) is 50.7 Å². The van der Waals surface area contributed by atoms with E-state index in [1.165, 1.54) is 19.3 Å². The average molecular weight is 430 g/mol. The molecule has 0 bridgehead atoms. The van der Waals surface area contributed by atoms with Crippen LogP contribution < -0.4 is 20.7 Å². The van der Waals surface area contributed by atoms with Gasteiger partial charge in [-0.1, -0.05) is 19.3 Å². The minimum absolute atomic E-state index is 0.125. The van der Waals surface area contributed by atoms with Gasteiger partial charge in [0.15, 0.2) is 5.96 Å². The predicted octanol–water partition coefficient (Wildman–Crippen LogP) is 1.77. The van der Waals surface area contributed by atoms with Crippen LogP contribution in [0.4, 0.5) is 0 Å². The number of aliphatic imine (C=N–C) groups is 1. The fraction of sp³-hybridized carbons (Fsp3) is 0.609. The normalized spacial score (nSPS) is 19.7. The number of methoxy groups -OCH3 is 1. The minimum atomic E-state index is -0.125. The quantitative estimate of drug-likeness (QED) is 0.349. The van der Waals surface area contributed by atoms with Gasteiger partial charge in [-0.15, -0.1) is 0 Å². The van der Waals surface area contributed by atoms with Crippen molar-refractivity contribution < 1.29 is 14.3 Å². The molecule has 2 fully saturated rings. The number of nitrogens with one attached hydrogen (secondary N) is 3. The second-order valence-corrected chi connectivity index (χ2v) is 8.23. The van der Waals surface area contributed by atoms with E-state index in [4.69, 9.17) is 4.74 Å². The van der Waals surface area contributed by atoms with Crippen molar-refractivity contribution in [3.63, 3.8) is 0 Å². The molecular weight excluding hydrogens is 394 g/mol. The van der Waals surface area contributed by atoms with Gasteiger partial charge in [-0.25, -0.2) is 0 Å². The summed E-state index contributed by atoms with van der Waals surface area (Å²) in [6.45, 7) is 2.56. The fourth-order valence-electron chi connectivity index (χ4n) is 4.28. The zero-order valence-corrected chi connectivity index (χ0v) is 18.7. The summed E-state index contributed by atoms with van der Waals surface area (Å²) in [5.74, 6) is 1.84. The number of guanidine groups is 1. The first kappa shape index (κ1) is 22.9. The molecule has 1 heterocycles. The van der Waals surface area contributed by atoms with Crippen molar-refractivity contribution in [1.82, 2.24) is 20.9 Å². The molecule has 1 aromatic carbocycles. The van der Waals surface area contributed by atoms with Crippen molar-refractivity contribution in [2.24, 2.45) is 10.9 Å². The summed E-state index contributed by atoms with van der Waals surface area (Å²) in [4.78, 5) is 31.2. The molecule has 8 nitrogen and oxygen atoms in total. The molecule has 0 spiro atoms. The standard InChI is InChI=1S/C23H35N5O3/c1-24-23(26-14-13-25-21(29)17-8-10-20(31-2)11-9-17)27-19-12-15-28(16-19)22(30)18-6-4-3-5-7-18/h8-11,18-19H,3-7,12-16H2,1-2H3,(H,25,29)(H2,24,26,27). The molecule has 1 unspecified atom stereocenters. The highest BCUT2D eigenvalue weighted by molar-refractivity contribution is 5.94. The van der Waals surface area contributed by atoms with E-state index in [1.54, 1.807) is 38.4 Å². The van der Waals surface area contributed by atoms with Crippen LogP contribution in [0.25, 0.3) is 0 Å². The van der Waals surface area contributed by atoms with Crippen LogP contribution in [0.5, 0.6) is 5.75 Å². The molecule has 8 heteroatoms. The molecule has 1 aliphatic heterocycles. The van der Waals surface area contributed by atoms with Gasteiger partial charge in [-0.2, -0.15) is 0 Å². The lowest BCUT2D eigenvalue weighted by Crippen LogP contribution is -2.47. The van der Waals surface area contributed by atoms with Crippen LogP contribution >= 0.6 is 0 Å². The van der Waals surface area contributed by atoms with E-state index < -0.39 is 0 Å². The first-order chi connectivity index (χ1) is 15.1. The SMILES string of the molecule is CN=C(NCCNC(=O)c1ccc(OC)cc1)NC1CCN(C(=O)C2CCCCC2)C1. The zero-order valence-electron chi connectivity index (χ0n) is 18.7. The highest BCUT2D eigenvalue weighted by Gasteiger charge is 2.31. The average Bonchev–Trinajstić information content (AvgIpc) is 3.29. The lowest BCUT2D eigenvalue weighted by molar-refractivity contribution is -0.135. The number of carbonyl (C=O) groups excluding carboxylic acids is 2. The number of nitrogens with zero attached hydrogens (tertiary/aromatic N) is 2. The van der Waals surface area contributed by atoms with Crippen LogP contribution in [0, 0.1) is 5.92 Å². The highest BCUT2D eigenvalue weighted by atomic mass is 16.5. The number of rotatable bonds is 7. The Kier molecular flexibility index (Phi) is 8.55. The molecule has 1 aliphatic carbocycles. The van der Waals surface area contributed by atoms with Crippen molar-refractivity contribution in [2.45, 2.75) is 44.6 Å². The molecule has 2 amide bonds. The largest absolute Gasteiger partial charge is 0.497 e. The Morgan fingerprint density at radius 2 is 1.77 bits per heavy atom. The van der Waals surface area contributed by atoms with Gasteiger partial charge in [0.2, 0.25) is 5.91 Å². The smallest absolute Gasteiger partial charge is 0.251 e. The summed E-state index contributed by atoms with van der Waals surface area (Å²) in [7, 11) is 3.32. The van der Waals surface area contributed by atoms with Crippen molar-refractivity contribution >= 4 is 17.8 Å². The topological polar surface area (TPSA) is 95.1 Å². The van der Waals surface area contributed by atoms with Gasteiger partial charge in [-0.3, -0.25) is 14.6 Å². The Morgan fingerprint density at radius 1 is 1.06 bits per heavy atom. The number of ether oxygens (including phenoxy) is 1. The third-order valence-electron chi connectivity index (χ3n) is 6.07. The van der Waals surface area contributed by atoms with Gasteiger partial charge in [-0.05, 0) is 43.5 Å². The van der Waals surface area contributed by atoms with Gasteiger partial charge in [0.1, 0.15) is 5.75 Å². The van der Waals surface area contributed by atoms with Gasteiger partial charge in [0.25, 0.3) is 5.91 Å². The minimum Gasteiger partial charge on any atom is -0.497 e. The second kappa shape index (κ2) is 11.6. The van der Waals surface area contributed by atoms with Gasteiger partial charge in [0.05, 0.1) is 7.11 Å². The molecule has 31 heavy (non-hydrogen) atoms. The lowest BCUT2D eigenvalue weighted by Gasteiger charge is -2.26. The van der Waals surface area contributed by atoms with E-state index in [0.29, 0.717) is 30.5 Å². The number of carbonyl (C=O) groups is 2. The Balaban J connectivity index is 1.35. The second-order valence-electron chi connectivity index (χ2n) is 8.23. The molecule has 1 saturated carbocycles. The van der Waals surface area contributed by atoms with Crippen LogP contribution in [0.3, 0.4) is 0 Å². The van der Waals surface area contributed by atoms with E-state index in [-0.39, 0.29) is 17.9 Å². The molecule has 3 N–H and O–H groups in total. The number of amides is 2. The van der Waals surface area contributed by atoms with Crippen molar-refractivity contribution in [1.29, 1.82) is 0 Å². The summed E-state index contributed by atoms with van der Waals surface area (Å²) in [6, 6.07) is 7.21. The zero-order chi connectivity index (χ0) is 22.1. The third kappa shape index (κ3) is 6.60. The van der Waals surface area contributed by atoms with Crippen LogP contribution in [-0.4, -0.2) is 69.1 Å². The molecule has 1 saturated heterocycles. The lowest BCUT2D eigenvalue weighted by atomic mass is 9.88. The Labute approximate surface area is 184 Å². The van der Waals surface area contributed by atoms with Gasteiger partial charge < -0.3 is 25.6 Å². The van der Waals surface area contributed by atoms with Crippen LogP contribution in [-0.2, 0) is 4.79 Å². The van der Waals surface area contributed by atoms with Crippen LogP contribution in [0.15, 0.2) is 29.3 Å². The van der Waals surface area contributed by atoms with Crippen molar-refractivity contribution in [3.8, 4) is 5.75 Å². The first-order valence-electron chi connectivity index (χ1n) is 11.3. The van der Waals surface area contributed by atoms with E-state index in [1.807, 2.05) is 4.90 Å². The van der Waals surface area contributed by atoms with E-state index in [9.17, 15) is 9.59 Å². The molecule has 1 atom stereocenters. The molecular formula is C23H35N5O3. The maximum atomic E-state index is 12.7. The van der Waals surface area contributed by atoms with Gasteiger partial charge >= 0.3 is 0 Å². The van der Waals surface area contributed by atoms with Crippen molar-refractivity contribution in [3.05, 3.63) is 29.8 Å². The third-order valence-corrected chi connectivity index (χ3v) is 6.07. The number of benzene rings is 1. The maximum absolute atomic E-state index is 12.7. The fourth-order valence-corrected chi connectivity index (χ4v) is 4.28. The highest BCUT2D eigenvalue weighted by Crippen LogP contribution is 2.26. The summed E-state index contributed by atoms with van der Waals surface area (Å²) in [6.07, 6.45) is 6.62. The van der Waals surface area contributed by atoms with E-state index >= 15 is 0 Å². The van der Waals surface area contributed by atoms with Crippen molar-refractivity contribution in [2.75, 3.05) is 40.3 Å².